The van der Waals surface area contributed by atoms with Gasteiger partial charge in [0.2, 0.25) is 5.91 Å². The number of alkyl halides is 1. The Morgan fingerprint density at radius 1 is 1.31 bits per heavy atom. The zero-order chi connectivity index (χ0) is 22.7. The van der Waals surface area contributed by atoms with Crippen LogP contribution >= 0.6 is 33.9 Å². The molecule has 3 N–H and O–H groups in total. The van der Waals surface area contributed by atoms with Gasteiger partial charge >= 0.3 is 0 Å². The molecule has 0 saturated carbocycles. The number of carbonyl (C=O) groups is 2. The van der Waals surface area contributed by atoms with Crippen molar-refractivity contribution in [1.29, 1.82) is 0 Å². The quantitative estimate of drug-likeness (QED) is 0.314. The number of nitrogens with one attached hydrogen (secondary N) is 3. The summed E-state index contributed by atoms with van der Waals surface area (Å²) < 4.78 is 16.7. The number of anilines is 1. The zero-order valence-corrected chi connectivity index (χ0v) is 19.7. The van der Waals surface area contributed by atoms with Crippen molar-refractivity contribution in [1.82, 2.24) is 20.2 Å². The fourth-order valence-electron chi connectivity index (χ4n) is 3.41. The molecule has 1 fully saturated rings. The van der Waals surface area contributed by atoms with Gasteiger partial charge in [-0.15, -0.1) is 11.3 Å². The van der Waals surface area contributed by atoms with Gasteiger partial charge in [0.15, 0.2) is 0 Å². The van der Waals surface area contributed by atoms with Crippen LogP contribution in [0.3, 0.4) is 0 Å². The number of rotatable bonds is 6. The van der Waals surface area contributed by atoms with E-state index in [-0.39, 0.29) is 23.2 Å². The van der Waals surface area contributed by atoms with Crippen molar-refractivity contribution in [3.05, 3.63) is 74.8 Å². The summed E-state index contributed by atoms with van der Waals surface area (Å²) in [5.74, 6) is -1.21. The minimum absolute atomic E-state index is 0.0139. The molecule has 32 heavy (non-hydrogen) atoms. The molecule has 0 bridgehead atoms. The molecular weight excluding hydrogens is 548 g/mol. The number of aromatic nitrogens is 2. The molecular formula is C21H19FIN5O3S. The Kier molecular flexibility index (Phi) is 6.96. The van der Waals surface area contributed by atoms with Crippen molar-refractivity contribution in [2.45, 2.75) is 22.9 Å². The summed E-state index contributed by atoms with van der Waals surface area (Å²) in [6, 6.07) is 7.09. The highest BCUT2D eigenvalue weighted by Crippen LogP contribution is 2.21. The predicted molar refractivity (Wildman–Crippen MR) is 128 cm³/mol. The van der Waals surface area contributed by atoms with Gasteiger partial charge in [-0.3, -0.25) is 23.9 Å². The molecule has 166 valence electrons. The van der Waals surface area contributed by atoms with Crippen LogP contribution in [0.5, 0.6) is 0 Å². The van der Waals surface area contributed by atoms with Crippen molar-refractivity contribution in [3.63, 3.8) is 0 Å². The average Bonchev–Trinajstić information content (AvgIpc) is 3.45. The normalized spacial score (nSPS) is 17.8. The summed E-state index contributed by atoms with van der Waals surface area (Å²) in [5.41, 5.74) is -0.0472. The van der Waals surface area contributed by atoms with Crippen LogP contribution in [-0.4, -0.2) is 40.0 Å². The second-order valence-corrected chi connectivity index (χ2v) is 9.14. The van der Waals surface area contributed by atoms with Gasteiger partial charge in [0, 0.05) is 40.4 Å². The fraction of sp³-hybridized carbons (Fsp3) is 0.238. The van der Waals surface area contributed by atoms with Gasteiger partial charge < -0.3 is 16.0 Å². The molecule has 1 aliphatic heterocycles. The van der Waals surface area contributed by atoms with Crippen molar-refractivity contribution in [3.8, 4) is 5.69 Å². The van der Waals surface area contributed by atoms with Crippen LogP contribution in [0.25, 0.3) is 5.69 Å². The average molecular weight is 567 g/mol. The number of halogens is 2. The van der Waals surface area contributed by atoms with Crippen LogP contribution in [-0.2, 0) is 9.22 Å². The maximum absolute atomic E-state index is 14.6. The van der Waals surface area contributed by atoms with Gasteiger partial charge in [0.05, 0.1) is 28.5 Å². The van der Waals surface area contributed by atoms with Crippen LogP contribution in [0.1, 0.15) is 21.0 Å². The van der Waals surface area contributed by atoms with Gasteiger partial charge in [-0.05, 0) is 30.7 Å². The van der Waals surface area contributed by atoms with Gasteiger partial charge in [-0.25, -0.2) is 4.39 Å². The largest absolute Gasteiger partial charge is 0.347 e. The molecule has 3 heterocycles. The number of nitrogens with zero attached hydrogens (tertiary/aromatic N) is 2. The third-order valence-corrected chi connectivity index (χ3v) is 7.44. The summed E-state index contributed by atoms with van der Waals surface area (Å²) in [6.45, 7) is 0.445. The van der Waals surface area contributed by atoms with E-state index in [2.05, 4.69) is 43.5 Å². The SMILES string of the molecule is O=C(N[C@@H]1CN[C@H](C(=O)Nc2ccc(-n3ccncc3=O)cc2F)C1)c1ccc(CI)s1. The Morgan fingerprint density at radius 3 is 2.88 bits per heavy atom. The first-order valence-corrected chi connectivity index (χ1v) is 12.1. The van der Waals surface area contributed by atoms with Crippen LogP contribution in [0.2, 0.25) is 0 Å². The minimum atomic E-state index is -0.661. The summed E-state index contributed by atoms with van der Waals surface area (Å²) in [7, 11) is 0. The predicted octanol–water partition coefficient (Wildman–Crippen LogP) is 2.47. The van der Waals surface area contributed by atoms with Crippen LogP contribution in [0, 0.1) is 5.82 Å². The number of hydrogen-bond acceptors (Lipinski definition) is 6. The lowest BCUT2D eigenvalue weighted by Crippen LogP contribution is -2.35. The molecule has 2 atom stereocenters. The topological polar surface area (TPSA) is 105 Å². The van der Waals surface area contributed by atoms with E-state index in [9.17, 15) is 18.8 Å². The Morgan fingerprint density at radius 2 is 2.16 bits per heavy atom. The van der Waals surface area contributed by atoms with Crippen molar-refractivity contribution in [2.24, 2.45) is 0 Å². The molecule has 11 heteroatoms. The second kappa shape index (κ2) is 9.88. The Labute approximate surface area is 200 Å². The Balaban J connectivity index is 1.36. The monoisotopic (exact) mass is 567 g/mol. The van der Waals surface area contributed by atoms with Gasteiger partial charge in [0.1, 0.15) is 5.82 Å². The lowest BCUT2D eigenvalue weighted by Gasteiger charge is -2.14. The van der Waals surface area contributed by atoms with E-state index in [1.807, 2.05) is 6.07 Å². The first kappa shape index (κ1) is 22.6. The lowest BCUT2D eigenvalue weighted by molar-refractivity contribution is -0.117. The molecule has 2 amide bonds. The van der Waals surface area contributed by atoms with E-state index in [1.54, 1.807) is 6.07 Å². The molecule has 2 aromatic heterocycles. The number of benzene rings is 1. The molecule has 3 aromatic rings. The van der Waals surface area contributed by atoms with Gasteiger partial charge in [-0.1, -0.05) is 22.6 Å². The lowest BCUT2D eigenvalue weighted by atomic mass is 10.1. The number of hydrogen-bond donors (Lipinski definition) is 3. The van der Waals surface area contributed by atoms with E-state index in [4.69, 9.17) is 0 Å². The standard InChI is InChI=1S/C21H19FIN5O3S/c22-15-8-13(28-6-5-24-11-19(28)29)1-3-16(15)27-20(30)17-7-12(10-25-17)26-21(31)18-4-2-14(9-23)32-18/h1-6,8,11-12,17,25H,7,9-10H2,(H,26,31)(H,27,30)/t12-,17-/m0/s1. The first-order chi connectivity index (χ1) is 15.4. The molecule has 8 nitrogen and oxygen atoms in total. The second-order valence-electron chi connectivity index (χ2n) is 7.20. The highest BCUT2D eigenvalue weighted by molar-refractivity contribution is 14.1. The van der Waals surface area contributed by atoms with E-state index < -0.39 is 17.8 Å². The maximum Gasteiger partial charge on any atom is 0.273 e. The van der Waals surface area contributed by atoms with E-state index in [0.717, 1.165) is 15.5 Å². The molecule has 0 aliphatic carbocycles. The molecule has 0 unspecified atom stereocenters. The van der Waals surface area contributed by atoms with E-state index >= 15 is 0 Å². The highest BCUT2D eigenvalue weighted by Gasteiger charge is 2.31. The van der Waals surface area contributed by atoms with Crippen molar-refractivity contribution >= 4 is 51.4 Å². The third kappa shape index (κ3) is 5.05. The zero-order valence-electron chi connectivity index (χ0n) is 16.7. The Hall–Kier alpha value is -2.64. The van der Waals surface area contributed by atoms with Gasteiger partial charge in [0.25, 0.3) is 11.5 Å². The number of carbonyl (C=O) groups excluding carboxylic acids is 2. The van der Waals surface area contributed by atoms with E-state index in [1.165, 1.54) is 46.5 Å². The van der Waals surface area contributed by atoms with Crippen molar-refractivity contribution < 1.29 is 14.0 Å². The van der Waals surface area contributed by atoms with Crippen LogP contribution < -0.4 is 21.5 Å². The fourth-order valence-corrected chi connectivity index (χ4v) is 4.89. The first-order valence-electron chi connectivity index (χ1n) is 9.77. The molecule has 4 rings (SSSR count). The smallest absolute Gasteiger partial charge is 0.273 e. The molecule has 1 aromatic carbocycles. The Bertz CT molecular complexity index is 1210. The minimum Gasteiger partial charge on any atom is -0.347 e. The summed E-state index contributed by atoms with van der Waals surface area (Å²) in [6.07, 6.45) is 4.39. The van der Waals surface area contributed by atoms with Crippen molar-refractivity contribution in [2.75, 3.05) is 11.9 Å². The molecule has 0 radical (unpaired) electrons. The highest BCUT2D eigenvalue weighted by atomic mass is 127. The number of amides is 2. The number of thiophene rings is 1. The molecule has 1 saturated heterocycles. The van der Waals surface area contributed by atoms with Crippen LogP contribution in [0.4, 0.5) is 10.1 Å². The maximum atomic E-state index is 14.6. The summed E-state index contributed by atoms with van der Waals surface area (Å²) in [4.78, 5) is 42.3. The summed E-state index contributed by atoms with van der Waals surface area (Å²) in [5, 5.41) is 8.58. The molecule has 0 spiro atoms. The van der Waals surface area contributed by atoms with Crippen LogP contribution in [0.15, 0.2) is 53.7 Å². The van der Waals surface area contributed by atoms with E-state index in [0.29, 0.717) is 23.5 Å². The summed E-state index contributed by atoms with van der Waals surface area (Å²) >= 11 is 3.70. The van der Waals surface area contributed by atoms with Gasteiger partial charge in [-0.2, -0.15) is 0 Å². The molecule has 1 aliphatic rings. The third-order valence-electron chi connectivity index (χ3n) is 5.01.